The number of hydrogen-bond acceptors (Lipinski definition) is 1. The van der Waals surface area contributed by atoms with Gasteiger partial charge >= 0.3 is 0 Å². The summed E-state index contributed by atoms with van der Waals surface area (Å²) >= 11 is 5.92. The summed E-state index contributed by atoms with van der Waals surface area (Å²) in [5.41, 5.74) is 1.79. The monoisotopic (exact) mass is 189 g/mol. The van der Waals surface area contributed by atoms with Gasteiger partial charge in [-0.25, -0.2) is 4.98 Å². The lowest BCUT2D eigenvalue weighted by atomic mass is 10.1. The lowest BCUT2D eigenvalue weighted by molar-refractivity contribution is 1.40. The van der Waals surface area contributed by atoms with E-state index in [1.807, 2.05) is 30.3 Å². The molecule has 0 bridgehead atoms. The highest BCUT2D eigenvalue weighted by Gasteiger charge is 2.00. The maximum Gasteiger partial charge on any atom is 0.136 e. The van der Waals surface area contributed by atoms with Gasteiger partial charge in [-0.15, -0.1) is 0 Å². The zero-order valence-corrected chi connectivity index (χ0v) is 7.75. The Morgan fingerprint density at radius 3 is 2.85 bits per heavy atom. The predicted octanol–water partition coefficient (Wildman–Crippen LogP) is 3.53. The van der Waals surface area contributed by atoms with Crippen LogP contribution in [0.3, 0.4) is 0 Å². The second-order valence-corrected chi connectivity index (χ2v) is 3.12. The molecule has 2 heteroatoms. The third-order valence-electron chi connectivity index (χ3n) is 1.92. The topological polar surface area (TPSA) is 12.9 Å². The molecule has 0 N–H and O–H groups in total. The second kappa shape index (κ2) is 3.19. The molecule has 0 spiro atoms. The van der Waals surface area contributed by atoms with Crippen molar-refractivity contribution < 1.29 is 0 Å². The molecule has 2 rings (SSSR count). The third-order valence-corrected chi connectivity index (χ3v) is 2.23. The largest absolute Gasteiger partial charge is 0.235 e. The molecule has 64 valence electrons. The summed E-state index contributed by atoms with van der Waals surface area (Å²) in [6, 6.07) is 9.85. The lowest BCUT2D eigenvalue weighted by Crippen LogP contribution is -1.83. The van der Waals surface area contributed by atoms with E-state index in [4.69, 9.17) is 11.6 Å². The van der Waals surface area contributed by atoms with Crippen molar-refractivity contribution in [3.05, 3.63) is 47.6 Å². The van der Waals surface area contributed by atoms with E-state index >= 15 is 0 Å². The first-order valence-electron chi connectivity index (χ1n) is 3.99. The predicted molar refractivity (Wildman–Crippen MR) is 56.8 cm³/mol. The molecule has 1 aromatic carbocycles. The molecular formula is C11H8ClN. The quantitative estimate of drug-likeness (QED) is 0.626. The van der Waals surface area contributed by atoms with Gasteiger partial charge < -0.3 is 0 Å². The zero-order chi connectivity index (χ0) is 9.26. The van der Waals surface area contributed by atoms with Gasteiger partial charge in [0.1, 0.15) is 5.15 Å². The smallest absolute Gasteiger partial charge is 0.136 e. The average molecular weight is 190 g/mol. The van der Waals surface area contributed by atoms with Crippen molar-refractivity contribution in [3.8, 4) is 0 Å². The standard InChI is InChI=1S/C11H8ClN/c1-2-8-7-9-5-3-4-6-10(9)13-11(8)12/h2-7H,1H2. The minimum atomic E-state index is 0.508. The van der Waals surface area contributed by atoms with Crippen LogP contribution in [0.15, 0.2) is 36.9 Å². The fourth-order valence-electron chi connectivity index (χ4n) is 1.25. The Morgan fingerprint density at radius 2 is 2.08 bits per heavy atom. The van der Waals surface area contributed by atoms with Crippen LogP contribution in [0, 0.1) is 0 Å². The van der Waals surface area contributed by atoms with Crippen molar-refractivity contribution >= 4 is 28.6 Å². The molecule has 0 saturated heterocycles. The molecule has 1 aromatic heterocycles. The minimum absolute atomic E-state index is 0.508. The number of fused-ring (bicyclic) bond motifs is 1. The van der Waals surface area contributed by atoms with Crippen LogP contribution in [0.1, 0.15) is 5.56 Å². The number of rotatable bonds is 1. The van der Waals surface area contributed by atoms with E-state index in [2.05, 4.69) is 11.6 Å². The molecule has 0 aliphatic carbocycles. The molecule has 2 aromatic rings. The molecule has 13 heavy (non-hydrogen) atoms. The molecule has 0 aliphatic rings. The number of para-hydroxylation sites is 1. The molecule has 0 unspecified atom stereocenters. The molecule has 1 nitrogen and oxygen atoms in total. The van der Waals surface area contributed by atoms with Crippen LogP contribution in [0.5, 0.6) is 0 Å². The van der Waals surface area contributed by atoms with Gasteiger partial charge in [0, 0.05) is 10.9 Å². The van der Waals surface area contributed by atoms with E-state index in [0.717, 1.165) is 16.5 Å². The van der Waals surface area contributed by atoms with Crippen molar-refractivity contribution in [1.82, 2.24) is 4.98 Å². The highest BCUT2D eigenvalue weighted by atomic mass is 35.5. The van der Waals surface area contributed by atoms with Gasteiger partial charge in [0.2, 0.25) is 0 Å². The van der Waals surface area contributed by atoms with Crippen LogP contribution < -0.4 is 0 Å². The molecule has 0 atom stereocenters. The first-order chi connectivity index (χ1) is 6.31. The number of hydrogen-bond donors (Lipinski definition) is 0. The summed E-state index contributed by atoms with van der Waals surface area (Å²) in [7, 11) is 0. The number of nitrogens with zero attached hydrogens (tertiary/aromatic N) is 1. The van der Waals surface area contributed by atoms with Crippen molar-refractivity contribution in [1.29, 1.82) is 0 Å². The number of aromatic nitrogens is 1. The summed E-state index contributed by atoms with van der Waals surface area (Å²) in [5.74, 6) is 0. The van der Waals surface area contributed by atoms with Crippen LogP contribution >= 0.6 is 11.6 Å². The summed E-state index contributed by atoms with van der Waals surface area (Å²) in [5, 5.41) is 1.59. The van der Waals surface area contributed by atoms with Gasteiger partial charge in [-0.1, -0.05) is 42.5 Å². The first-order valence-corrected chi connectivity index (χ1v) is 4.37. The SMILES string of the molecule is C=Cc1cc2ccccc2nc1Cl. The maximum atomic E-state index is 5.92. The van der Waals surface area contributed by atoms with Gasteiger partial charge in [0.05, 0.1) is 5.52 Å². The Balaban J connectivity index is 2.81. The van der Waals surface area contributed by atoms with Crippen molar-refractivity contribution in [2.75, 3.05) is 0 Å². The third kappa shape index (κ3) is 1.43. The molecule has 0 aliphatic heterocycles. The highest BCUT2D eigenvalue weighted by Crippen LogP contribution is 2.20. The molecule has 0 amide bonds. The maximum absolute atomic E-state index is 5.92. The second-order valence-electron chi connectivity index (χ2n) is 2.77. The Hall–Kier alpha value is -1.34. The van der Waals surface area contributed by atoms with E-state index in [-0.39, 0.29) is 0 Å². The number of pyridine rings is 1. The van der Waals surface area contributed by atoms with Gasteiger partial charge in [-0.2, -0.15) is 0 Å². The first kappa shape index (κ1) is 8.27. The number of benzene rings is 1. The van der Waals surface area contributed by atoms with Gasteiger partial charge in [-0.3, -0.25) is 0 Å². The summed E-state index contributed by atoms with van der Waals surface area (Å²) < 4.78 is 0. The van der Waals surface area contributed by atoms with Crippen LogP contribution in [-0.2, 0) is 0 Å². The Morgan fingerprint density at radius 1 is 1.31 bits per heavy atom. The van der Waals surface area contributed by atoms with Gasteiger partial charge in [0.15, 0.2) is 0 Å². The summed E-state index contributed by atoms with van der Waals surface area (Å²) in [4.78, 5) is 4.24. The Bertz CT molecular complexity index is 463. The zero-order valence-electron chi connectivity index (χ0n) is 7.00. The summed E-state index contributed by atoms with van der Waals surface area (Å²) in [6.07, 6.45) is 1.71. The fourth-order valence-corrected chi connectivity index (χ4v) is 1.47. The van der Waals surface area contributed by atoms with Crippen molar-refractivity contribution in [3.63, 3.8) is 0 Å². The van der Waals surface area contributed by atoms with E-state index in [1.165, 1.54) is 0 Å². The van der Waals surface area contributed by atoms with Crippen LogP contribution in [0.25, 0.3) is 17.0 Å². The highest BCUT2D eigenvalue weighted by molar-refractivity contribution is 6.31. The van der Waals surface area contributed by atoms with Crippen LogP contribution in [0.4, 0.5) is 0 Å². The normalized spacial score (nSPS) is 10.2. The van der Waals surface area contributed by atoms with E-state index in [0.29, 0.717) is 5.15 Å². The Kier molecular flexibility index (Phi) is 2.03. The van der Waals surface area contributed by atoms with Gasteiger partial charge in [-0.05, 0) is 12.1 Å². The molecular weight excluding hydrogens is 182 g/mol. The van der Waals surface area contributed by atoms with Crippen molar-refractivity contribution in [2.45, 2.75) is 0 Å². The van der Waals surface area contributed by atoms with Crippen molar-refractivity contribution in [2.24, 2.45) is 0 Å². The molecule has 0 saturated carbocycles. The Labute approximate surface area is 81.7 Å². The fraction of sp³-hybridized carbons (Fsp3) is 0. The van der Waals surface area contributed by atoms with Crippen LogP contribution in [-0.4, -0.2) is 4.98 Å². The average Bonchev–Trinajstić information content (AvgIpc) is 2.17. The van der Waals surface area contributed by atoms with E-state index in [9.17, 15) is 0 Å². The minimum Gasteiger partial charge on any atom is -0.235 e. The number of halogens is 1. The van der Waals surface area contributed by atoms with Gasteiger partial charge in [0.25, 0.3) is 0 Å². The summed E-state index contributed by atoms with van der Waals surface area (Å²) in [6.45, 7) is 3.67. The van der Waals surface area contributed by atoms with Crippen LogP contribution in [0.2, 0.25) is 5.15 Å². The molecule has 0 fully saturated rings. The van der Waals surface area contributed by atoms with E-state index < -0.39 is 0 Å². The lowest BCUT2D eigenvalue weighted by Gasteiger charge is -2.00. The molecule has 0 radical (unpaired) electrons. The van der Waals surface area contributed by atoms with E-state index in [1.54, 1.807) is 6.08 Å². The molecule has 1 heterocycles.